The van der Waals surface area contributed by atoms with Crippen molar-refractivity contribution in [2.45, 2.75) is 6.61 Å². The van der Waals surface area contributed by atoms with E-state index in [0.717, 1.165) is 5.56 Å². The van der Waals surface area contributed by atoms with Gasteiger partial charge in [0.2, 0.25) is 0 Å². The van der Waals surface area contributed by atoms with E-state index >= 15 is 0 Å². The number of para-hydroxylation sites is 1. The Bertz CT molecular complexity index is 648. The Labute approximate surface area is 116 Å². The van der Waals surface area contributed by atoms with Crippen LogP contribution in [0.25, 0.3) is 0 Å². The number of nitrogens with zero attached hydrogens (tertiary/aromatic N) is 1. The van der Waals surface area contributed by atoms with Gasteiger partial charge < -0.3 is 15.4 Å². The fourth-order valence-electron chi connectivity index (χ4n) is 2.32. The number of carbonyl (C=O) groups excluding carboxylic acids is 1. The normalized spacial score (nSPS) is 13.2. The number of urea groups is 1. The summed E-state index contributed by atoms with van der Waals surface area (Å²) < 4.78 is 5.15. The van der Waals surface area contributed by atoms with Gasteiger partial charge in [0, 0.05) is 0 Å². The third kappa shape index (κ3) is 2.15. The number of fused-ring (bicyclic) bond motifs is 1. The summed E-state index contributed by atoms with van der Waals surface area (Å²) in [6, 6.07) is 13.9. The molecule has 5 nitrogen and oxygen atoms in total. The SMILES string of the molecule is NC(=O)N(c1ccccc1)c1ccc2c(c1)B(O)OC2. The predicted molar refractivity (Wildman–Crippen MR) is 77.0 cm³/mol. The first-order valence-corrected chi connectivity index (χ1v) is 6.24. The van der Waals surface area contributed by atoms with E-state index in [0.29, 0.717) is 23.4 Å². The molecule has 0 saturated carbocycles. The van der Waals surface area contributed by atoms with Crippen molar-refractivity contribution in [3.8, 4) is 0 Å². The maximum Gasteiger partial charge on any atom is 0.491 e. The molecule has 6 heteroatoms. The summed E-state index contributed by atoms with van der Waals surface area (Å²) in [6.45, 7) is 0.374. The maximum atomic E-state index is 11.7. The summed E-state index contributed by atoms with van der Waals surface area (Å²) in [5.41, 5.74) is 8.34. The summed E-state index contributed by atoms with van der Waals surface area (Å²) >= 11 is 0. The van der Waals surface area contributed by atoms with Crippen LogP contribution in [0.2, 0.25) is 0 Å². The summed E-state index contributed by atoms with van der Waals surface area (Å²) in [5.74, 6) is 0. The summed E-state index contributed by atoms with van der Waals surface area (Å²) in [5, 5.41) is 9.74. The molecule has 0 aliphatic carbocycles. The van der Waals surface area contributed by atoms with Crippen LogP contribution in [0.4, 0.5) is 16.2 Å². The minimum absolute atomic E-state index is 0.374. The van der Waals surface area contributed by atoms with E-state index in [1.807, 2.05) is 24.3 Å². The maximum absolute atomic E-state index is 11.7. The van der Waals surface area contributed by atoms with E-state index < -0.39 is 13.1 Å². The number of hydrogen-bond acceptors (Lipinski definition) is 3. The predicted octanol–water partition coefficient (Wildman–Crippen LogP) is 1.12. The van der Waals surface area contributed by atoms with E-state index in [9.17, 15) is 9.82 Å². The van der Waals surface area contributed by atoms with Crippen molar-refractivity contribution < 1.29 is 14.5 Å². The minimum Gasteiger partial charge on any atom is -0.423 e. The zero-order valence-electron chi connectivity index (χ0n) is 10.7. The Morgan fingerprint density at radius 1 is 1.20 bits per heavy atom. The van der Waals surface area contributed by atoms with Gasteiger partial charge in [0.05, 0.1) is 18.0 Å². The molecule has 20 heavy (non-hydrogen) atoms. The van der Waals surface area contributed by atoms with Crippen LogP contribution in [0, 0.1) is 0 Å². The highest BCUT2D eigenvalue weighted by atomic mass is 16.5. The Kier molecular flexibility index (Phi) is 3.18. The van der Waals surface area contributed by atoms with E-state index in [-0.39, 0.29) is 0 Å². The molecule has 3 N–H and O–H groups in total. The number of hydrogen-bond donors (Lipinski definition) is 2. The highest BCUT2D eigenvalue weighted by Gasteiger charge is 2.28. The van der Waals surface area contributed by atoms with Crippen molar-refractivity contribution in [3.05, 3.63) is 54.1 Å². The van der Waals surface area contributed by atoms with Crippen molar-refractivity contribution in [1.82, 2.24) is 0 Å². The lowest BCUT2D eigenvalue weighted by Gasteiger charge is -2.21. The minimum atomic E-state index is -0.949. The fourth-order valence-corrected chi connectivity index (χ4v) is 2.32. The van der Waals surface area contributed by atoms with Crippen molar-refractivity contribution in [2.24, 2.45) is 5.73 Å². The molecule has 3 rings (SSSR count). The second kappa shape index (κ2) is 4.99. The van der Waals surface area contributed by atoms with Gasteiger partial charge in [-0.3, -0.25) is 4.90 Å². The molecule has 1 aliphatic heterocycles. The molecule has 0 atom stereocenters. The molecule has 100 valence electrons. The molecule has 2 amide bonds. The molecular formula is C14H13BN2O3. The molecule has 0 aromatic heterocycles. The first-order chi connectivity index (χ1) is 9.66. The zero-order chi connectivity index (χ0) is 14.1. The molecule has 2 aromatic carbocycles. The average molecular weight is 268 g/mol. The Hall–Kier alpha value is -2.31. The summed E-state index contributed by atoms with van der Waals surface area (Å²) in [6.07, 6.45) is 0. The lowest BCUT2D eigenvalue weighted by atomic mass is 9.79. The van der Waals surface area contributed by atoms with Crippen LogP contribution in [-0.2, 0) is 11.3 Å². The van der Waals surface area contributed by atoms with Gasteiger partial charge in [0.15, 0.2) is 0 Å². The number of primary amides is 1. The van der Waals surface area contributed by atoms with Crippen molar-refractivity contribution >= 4 is 30.0 Å². The second-order valence-corrected chi connectivity index (χ2v) is 4.56. The van der Waals surface area contributed by atoms with Crippen LogP contribution in [0.1, 0.15) is 5.56 Å². The smallest absolute Gasteiger partial charge is 0.423 e. The van der Waals surface area contributed by atoms with Gasteiger partial charge >= 0.3 is 13.1 Å². The Morgan fingerprint density at radius 2 is 1.95 bits per heavy atom. The quantitative estimate of drug-likeness (QED) is 0.801. The zero-order valence-corrected chi connectivity index (χ0v) is 10.7. The molecule has 2 aromatic rings. The van der Waals surface area contributed by atoms with Gasteiger partial charge in [-0.15, -0.1) is 0 Å². The van der Waals surface area contributed by atoms with E-state index in [1.165, 1.54) is 4.90 Å². The van der Waals surface area contributed by atoms with Crippen molar-refractivity contribution in [3.63, 3.8) is 0 Å². The van der Waals surface area contributed by atoms with E-state index in [1.54, 1.807) is 24.3 Å². The molecule has 0 radical (unpaired) electrons. The number of rotatable bonds is 2. The number of carbonyl (C=O) groups is 1. The van der Waals surface area contributed by atoms with Crippen LogP contribution in [0.5, 0.6) is 0 Å². The van der Waals surface area contributed by atoms with Gasteiger partial charge in [0.25, 0.3) is 0 Å². The molecule has 0 unspecified atom stereocenters. The molecule has 1 heterocycles. The highest BCUT2D eigenvalue weighted by molar-refractivity contribution is 6.61. The molecule has 0 bridgehead atoms. The van der Waals surface area contributed by atoms with E-state index in [4.69, 9.17) is 10.4 Å². The van der Waals surface area contributed by atoms with Gasteiger partial charge in [-0.1, -0.05) is 24.3 Å². The summed E-state index contributed by atoms with van der Waals surface area (Å²) in [4.78, 5) is 13.1. The van der Waals surface area contributed by atoms with Crippen LogP contribution in [0.15, 0.2) is 48.5 Å². The lowest BCUT2D eigenvalue weighted by molar-refractivity contribution is 0.256. The summed E-state index contributed by atoms with van der Waals surface area (Å²) in [7, 11) is -0.949. The Balaban J connectivity index is 2.05. The molecule has 0 saturated heterocycles. The first kappa shape index (κ1) is 12.7. The highest BCUT2D eigenvalue weighted by Crippen LogP contribution is 2.25. The van der Waals surface area contributed by atoms with Crippen LogP contribution in [0.3, 0.4) is 0 Å². The number of benzene rings is 2. The molecular weight excluding hydrogens is 255 g/mol. The monoisotopic (exact) mass is 268 g/mol. The van der Waals surface area contributed by atoms with Crippen molar-refractivity contribution in [1.29, 1.82) is 0 Å². The number of amides is 2. The molecule has 1 aliphatic rings. The average Bonchev–Trinajstić information content (AvgIpc) is 2.81. The van der Waals surface area contributed by atoms with E-state index in [2.05, 4.69) is 0 Å². The van der Waals surface area contributed by atoms with Gasteiger partial charge in [-0.05, 0) is 35.3 Å². The third-order valence-electron chi connectivity index (χ3n) is 3.29. The topological polar surface area (TPSA) is 75.8 Å². The van der Waals surface area contributed by atoms with Gasteiger partial charge in [0.1, 0.15) is 0 Å². The first-order valence-electron chi connectivity index (χ1n) is 6.24. The lowest BCUT2D eigenvalue weighted by Crippen LogP contribution is -2.34. The van der Waals surface area contributed by atoms with Gasteiger partial charge in [-0.2, -0.15) is 0 Å². The van der Waals surface area contributed by atoms with Crippen LogP contribution in [-0.4, -0.2) is 18.2 Å². The number of anilines is 2. The molecule has 0 spiro atoms. The number of nitrogens with two attached hydrogens (primary N) is 1. The second-order valence-electron chi connectivity index (χ2n) is 4.56. The largest absolute Gasteiger partial charge is 0.491 e. The van der Waals surface area contributed by atoms with Gasteiger partial charge in [-0.25, -0.2) is 4.79 Å². The van der Waals surface area contributed by atoms with Crippen molar-refractivity contribution in [2.75, 3.05) is 4.90 Å². The fraction of sp³-hybridized carbons (Fsp3) is 0.0714. The molecule has 0 fully saturated rings. The standard InChI is InChI=1S/C14H13BN2O3/c16-14(18)17(11-4-2-1-3-5-11)12-7-6-10-9-20-15(19)13(10)8-12/h1-8,19H,9H2,(H2,16,18). The van der Waals surface area contributed by atoms with Crippen LogP contribution < -0.4 is 16.1 Å². The van der Waals surface area contributed by atoms with Crippen LogP contribution >= 0.6 is 0 Å². The third-order valence-corrected chi connectivity index (χ3v) is 3.29. The Morgan fingerprint density at radius 3 is 2.65 bits per heavy atom.